The van der Waals surface area contributed by atoms with Crippen LogP contribution in [-0.4, -0.2) is 92.5 Å². The fourth-order valence-corrected chi connectivity index (χ4v) is 5.43. The van der Waals surface area contributed by atoms with E-state index in [0.29, 0.717) is 90.8 Å². The minimum absolute atomic E-state index is 0.445. The van der Waals surface area contributed by atoms with Gasteiger partial charge in [-0.2, -0.15) is 0 Å². The average molecular weight is 653 g/mol. The number of ether oxygens (including phenoxy) is 8. The van der Waals surface area contributed by atoms with E-state index in [1.54, 1.807) is 0 Å². The van der Waals surface area contributed by atoms with Crippen LogP contribution in [0.3, 0.4) is 0 Å². The second-order valence-electron chi connectivity index (χ2n) is 12.2. The lowest BCUT2D eigenvalue weighted by Gasteiger charge is -2.13. The molecule has 0 spiro atoms. The van der Waals surface area contributed by atoms with Crippen LogP contribution < -0.4 is 9.47 Å². The number of hydrogen-bond acceptors (Lipinski definition) is 8. The lowest BCUT2D eigenvalue weighted by molar-refractivity contribution is 0.00729. The zero-order valence-corrected chi connectivity index (χ0v) is 29.2. The quantitative estimate of drug-likeness (QED) is 0.276. The van der Waals surface area contributed by atoms with Gasteiger partial charge in [0.2, 0.25) is 0 Å². The lowest BCUT2D eigenvalue weighted by atomic mass is 10.0. The predicted molar refractivity (Wildman–Crippen MR) is 185 cm³/mol. The van der Waals surface area contributed by atoms with Crippen LogP contribution in [0, 0.1) is 0 Å². The largest absolute Gasteiger partial charge is 0.487 e. The fraction of sp³-hybridized carbons (Fsp3) is 0.842. The number of rotatable bonds is 0. The van der Waals surface area contributed by atoms with Gasteiger partial charge in [-0.3, -0.25) is 0 Å². The van der Waals surface area contributed by atoms with Gasteiger partial charge in [0.15, 0.2) is 11.5 Å². The Hall–Kier alpha value is -1.42. The van der Waals surface area contributed by atoms with E-state index in [-0.39, 0.29) is 0 Å². The summed E-state index contributed by atoms with van der Waals surface area (Å²) in [5.41, 5.74) is 0. The minimum Gasteiger partial charge on any atom is -0.487 e. The van der Waals surface area contributed by atoms with E-state index in [0.717, 1.165) is 26.1 Å². The zero-order valence-electron chi connectivity index (χ0n) is 29.2. The summed E-state index contributed by atoms with van der Waals surface area (Å²) in [5.74, 6) is 1.40. The van der Waals surface area contributed by atoms with Gasteiger partial charge < -0.3 is 37.9 Å². The van der Waals surface area contributed by atoms with Crippen LogP contribution in [0.25, 0.3) is 0 Å². The predicted octanol–water partition coefficient (Wildman–Crippen LogP) is 8.58. The summed E-state index contributed by atoms with van der Waals surface area (Å²) in [6, 6.07) is 7.67. The fourth-order valence-electron chi connectivity index (χ4n) is 5.43. The van der Waals surface area contributed by atoms with Gasteiger partial charge >= 0.3 is 0 Å². The Kier molecular flexibility index (Phi) is 29.7. The van der Waals surface area contributed by atoms with Crippen LogP contribution >= 0.6 is 0 Å². The first-order valence-electron chi connectivity index (χ1n) is 18.8. The second kappa shape index (κ2) is 33.5. The van der Waals surface area contributed by atoms with Crippen LogP contribution in [0.1, 0.15) is 116 Å². The van der Waals surface area contributed by atoms with E-state index in [4.69, 9.17) is 37.9 Å². The number of para-hydroxylation sites is 2. The Balaban J connectivity index is 1.53. The minimum atomic E-state index is 0.445. The van der Waals surface area contributed by atoms with E-state index in [9.17, 15) is 0 Å². The molecule has 0 saturated heterocycles. The molecule has 1 aliphatic rings. The van der Waals surface area contributed by atoms with Crippen molar-refractivity contribution in [1.82, 2.24) is 0 Å². The highest BCUT2D eigenvalue weighted by Crippen LogP contribution is 2.26. The van der Waals surface area contributed by atoms with Crippen LogP contribution in [-0.2, 0) is 28.4 Å². The van der Waals surface area contributed by atoms with Crippen LogP contribution in [0.5, 0.6) is 11.5 Å². The summed E-state index contributed by atoms with van der Waals surface area (Å²) in [7, 11) is 0. The highest BCUT2D eigenvalue weighted by molar-refractivity contribution is 5.39. The second-order valence-corrected chi connectivity index (χ2v) is 12.2. The third-order valence-electron chi connectivity index (χ3n) is 8.14. The number of fused-ring (bicyclic) bond motifs is 1. The van der Waals surface area contributed by atoms with Gasteiger partial charge in [0, 0.05) is 13.2 Å². The van der Waals surface area contributed by atoms with Gasteiger partial charge in [0.1, 0.15) is 13.2 Å². The molecule has 1 aliphatic heterocycles. The summed E-state index contributed by atoms with van der Waals surface area (Å²) >= 11 is 0. The first-order chi connectivity index (χ1) is 23.0. The summed E-state index contributed by atoms with van der Waals surface area (Å²) in [6.45, 7) is 8.23. The normalized spacial score (nSPS) is 22.0. The molecule has 1 aromatic carbocycles. The van der Waals surface area contributed by atoms with Crippen LogP contribution in [0.15, 0.2) is 24.3 Å². The highest BCUT2D eigenvalue weighted by atomic mass is 16.6. The molecule has 0 saturated carbocycles. The molecule has 268 valence electrons. The molecule has 0 aromatic heterocycles. The third-order valence-corrected chi connectivity index (χ3v) is 8.14. The molecular weight excluding hydrogens is 584 g/mol. The monoisotopic (exact) mass is 652 g/mol. The third kappa shape index (κ3) is 26.6. The van der Waals surface area contributed by atoms with Crippen LogP contribution in [0.4, 0.5) is 0 Å². The lowest BCUT2D eigenvalue weighted by Crippen LogP contribution is -2.14. The first-order valence-corrected chi connectivity index (χ1v) is 18.8. The van der Waals surface area contributed by atoms with Gasteiger partial charge in [0.05, 0.1) is 66.1 Å². The Bertz CT molecular complexity index is 688. The maximum absolute atomic E-state index is 5.87. The summed E-state index contributed by atoms with van der Waals surface area (Å²) < 4.78 is 45.7. The Morgan fingerprint density at radius 2 is 0.457 bits per heavy atom. The van der Waals surface area contributed by atoms with E-state index in [1.165, 1.54) is 103 Å². The molecule has 0 unspecified atom stereocenters. The molecule has 0 fully saturated rings. The molecule has 0 N–H and O–H groups in total. The summed E-state index contributed by atoms with van der Waals surface area (Å²) in [5, 5.41) is 0. The van der Waals surface area contributed by atoms with Crippen molar-refractivity contribution in [1.29, 1.82) is 0 Å². The van der Waals surface area contributed by atoms with Crippen molar-refractivity contribution >= 4 is 0 Å². The summed E-state index contributed by atoms with van der Waals surface area (Å²) in [4.78, 5) is 0. The van der Waals surface area contributed by atoms with Crippen LogP contribution in [0.2, 0.25) is 0 Å². The molecule has 0 amide bonds. The van der Waals surface area contributed by atoms with Crippen molar-refractivity contribution in [2.45, 2.75) is 116 Å². The Labute approximate surface area is 281 Å². The number of benzene rings is 1. The molecule has 1 heterocycles. The Morgan fingerprint density at radius 3 is 0.739 bits per heavy atom. The molecular formula is C38H68O8. The SMILES string of the molecule is c1ccc2c(c1)OCCOCCOCCOCCCCCCCCCCCCCCCCCCCCOCCOCCOCCO2. The van der Waals surface area contributed by atoms with Gasteiger partial charge in [-0.05, 0) is 25.0 Å². The van der Waals surface area contributed by atoms with Crippen molar-refractivity contribution in [3.63, 3.8) is 0 Å². The summed E-state index contributed by atoms with van der Waals surface area (Å²) in [6.07, 6.45) is 24.3. The van der Waals surface area contributed by atoms with Gasteiger partial charge in [0.25, 0.3) is 0 Å². The standard InChI is InChI=1S/C38H68O8/c1-2-4-6-8-10-12-14-16-20-24-40-26-28-42-30-32-44-34-36-46-38-22-18-17-21-37(38)45-35-33-43-31-29-41-27-25-39-23-19-15-13-11-9-7-5-3-1/h17-18,21-22H,1-16,19-20,23-36H2. The van der Waals surface area contributed by atoms with Gasteiger partial charge in [-0.1, -0.05) is 115 Å². The average Bonchev–Trinajstić information content (AvgIpc) is 3.07. The van der Waals surface area contributed by atoms with Crippen molar-refractivity contribution in [3.05, 3.63) is 24.3 Å². The Morgan fingerprint density at radius 1 is 0.239 bits per heavy atom. The maximum Gasteiger partial charge on any atom is 0.161 e. The molecule has 2 rings (SSSR count). The molecule has 8 nitrogen and oxygen atoms in total. The van der Waals surface area contributed by atoms with Gasteiger partial charge in [-0.15, -0.1) is 0 Å². The zero-order chi connectivity index (χ0) is 32.3. The smallest absolute Gasteiger partial charge is 0.161 e. The van der Waals surface area contributed by atoms with Gasteiger partial charge in [-0.25, -0.2) is 0 Å². The van der Waals surface area contributed by atoms with Crippen molar-refractivity contribution in [2.24, 2.45) is 0 Å². The van der Waals surface area contributed by atoms with Crippen molar-refractivity contribution in [2.75, 3.05) is 92.5 Å². The molecule has 1 aromatic rings. The molecule has 0 radical (unpaired) electrons. The topological polar surface area (TPSA) is 73.8 Å². The molecule has 46 heavy (non-hydrogen) atoms. The molecule has 0 atom stereocenters. The van der Waals surface area contributed by atoms with E-state index >= 15 is 0 Å². The number of hydrogen-bond donors (Lipinski definition) is 0. The first kappa shape index (κ1) is 40.8. The molecule has 0 bridgehead atoms. The van der Waals surface area contributed by atoms with Crippen molar-refractivity contribution < 1.29 is 37.9 Å². The van der Waals surface area contributed by atoms with E-state index in [1.807, 2.05) is 24.3 Å². The maximum atomic E-state index is 5.87. The highest BCUT2D eigenvalue weighted by Gasteiger charge is 2.05. The van der Waals surface area contributed by atoms with E-state index in [2.05, 4.69) is 0 Å². The van der Waals surface area contributed by atoms with E-state index < -0.39 is 0 Å². The van der Waals surface area contributed by atoms with Crippen molar-refractivity contribution in [3.8, 4) is 11.5 Å². The molecule has 8 heteroatoms. The molecule has 0 aliphatic carbocycles.